The van der Waals surface area contributed by atoms with Gasteiger partial charge in [-0.1, -0.05) is 29.8 Å². The van der Waals surface area contributed by atoms with Crippen LogP contribution in [0.25, 0.3) is 0 Å². The number of nitro benzene ring substituents is 1. The summed E-state index contributed by atoms with van der Waals surface area (Å²) in [5.74, 6) is 0.0721. The Morgan fingerprint density at radius 3 is 2.53 bits per heavy atom. The molecule has 1 heterocycles. The van der Waals surface area contributed by atoms with Gasteiger partial charge in [0.25, 0.3) is 11.6 Å². The standard InChI is InChI=1S/C24H21N3O4S/c1-15-6-11-21(16(2)12-15)26-22(28)14-32-24(26)18-4-3-5-19(13-18)25-23(29)17-7-9-20(10-8-17)27(30)31/h3-13,24H,14H2,1-2H3,(H,25,29). The Morgan fingerprint density at radius 2 is 1.84 bits per heavy atom. The number of nitrogens with one attached hydrogen (secondary N) is 1. The zero-order valence-electron chi connectivity index (χ0n) is 17.6. The highest BCUT2D eigenvalue weighted by atomic mass is 32.2. The summed E-state index contributed by atoms with van der Waals surface area (Å²) in [6.45, 7) is 4.02. The van der Waals surface area contributed by atoms with Gasteiger partial charge in [-0.15, -0.1) is 11.8 Å². The molecule has 0 saturated carbocycles. The second-order valence-electron chi connectivity index (χ2n) is 7.60. The van der Waals surface area contributed by atoms with E-state index in [2.05, 4.69) is 11.4 Å². The molecule has 0 aromatic heterocycles. The Morgan fingerprint density at radius 1 is 1.09 bits per heavy atom. The summed E-state index contributed by atoms with van der Waals surface area (Å²) in [6.07, 6.45) is 0. The average molecular weight is 448 g/mol. The van der Waals surface area contributed by atoms with Gasteiger partial charge in [0.05, 0.1) is 10.7 Å². The average Bonchev–Trinajstić information content (AvgIpc) is 3.15. The normalized spacial score (nSPS) is 15.6. The van der Waals surface area contributed by atoms with E-state index in [0.29, 0.717) is 17.0 Å². The van der Waals surface area contributed by atoms with Crippen LogP contribution in [-0.4, -0.2) is 22.5 Å². The molecular formula is C24H21N3O4S. The van der Waals surface area contributed by atoms with E-state index in [4.69, 9.17) is 0 Å². The van der Waals surface area contributed by atoms with Crippen molar-refractivity contribution < 1.29 is 14.5 Å². The number of amides is 2. The number of carbonyl (C=O) groups is 2. The summed E-state index contributed by atoms with van der Waals surface area (Å²) < 4.78 is 0. The van der Waals surface area contributed by atoms with Gasteiger partial charge < -0.3 is 5.32 Å². The van der Waals surface area contributed by atoms with Crippen LogP contribution in [0.2, 0.25) is 0 Å². The van der Waals surface area contributed by atoms with Gasteiger partial charge in [-0.3, -0.25) is 24.6 Å². The highest BCUT2D eigenvalue weighted by Gasteiger charge is 2.34. The second-order valence-corrected chi connectivity index (χ2v) is 8.67. The van der Waals surface area contributed by atoms with Crippen LogP contribution < -0.4 is 10.2 Å². The van der Waals surface area contributed by atoms with Crippen LogP contribution >= 0.6 is 11.8 Å². The van der Waals surface area contributed by atoms with E-state index in [-0.39, 0.29) is 22.9 Å². The molecule has 0 spiro atoms. The Bertz CT molecular complexity index is 1210. The van der Waals surface area contributed by atoms with Crippen molar-refractivity contribution in [2.24, 2.45) is 0 Å². The number of carbonyl (C=O) groups excluding carboxylic acids is 2. The van der Waals surface area contributed by atoms with Crippen molar-refractivity contribution in [2.75, 3.05) is 16.0 Å². The van der Waals surface area contributed by atoms with Crippen LogP contribution in [0.4, 0.5) is 17.1 Å². The third-order valence-corrected chi connectivity index (χ3v) is 6.46. The summed E-state index contributed by atoms with van der Waals surface area (Å²) >= 11 is 1.55. The maximum absolute atomic E-state index is 12.7. The van der Waals surface area contributed by atoms with Crippen molar-refractivity contribution >= 4 is 40.6 Å². The minimum absolute atomic E-state index is 0.0484. The maximum atomic E-state index is 12.7. The maximum Gasteiger partial charge on any atom is 0.269 e. The third-order valence-electron chi connectivity index (χ3n) is 5.25. The monoisotopic (exact) mass is 447 g/mol. The number of non-ortho nitro benzene ring substituents is 1. The molecule has 1 atom stereocenters. The predicted octanol–water partition coefficient (Wildman–Crippen LogP) is 5.24. The molecule has 1 aliphatic heterocycles. The lowest BCUT2D eigenvalue weighted by Crippen LogP contribution is -2.28. The van der Waals surface area contributed by atoms with Crippen LogP contribution in [0.1, 0.15) is 32.4 Å². The lowest BCUT2D eigenvalue weighted by atomic mass is 10.1. The van der Waals surface area contributed by atoms with E-state index in [9.17, 15) is 19.7 Å². The zero-order valence-corrected chi connectivity index (χ0v) is 18.4. The molecule has 4 rings (SSSR count). The Labute approximate surface area is 189 Å². The van der Waals surface area contributed by atoms with Crippen LogP contribution in [-0.2, 0) is 4.79 Å². The van der Waals surface area contributed by atoms with Gasteiger partial charge in [0, 0.05) is 29.1 Å². The molecule has 3 aromatic rings. The molecule has 1 fully saturated rings. The SMILES string of the molecule is Cc1ccc(N2C(=O)CSC2c2cccc(NC(=O)c3ccc([N+](=O)[O-])cc3)c2)c(C)c1. The van der Waals surface area contributed by atoms with Crippen molar-refractivity contribution in [1.29, 1.82) is 0 Å². The van der Waals surface area contributed by atoms with E-state index in [1.54, 1.807) is 17.8 Å². The largest absolute Gasteiger partial charge is 0.322 e. The predicted molar refractivity (Wildman–Crippen MR) is 126 cm³/mol. The number of hydrogen-bond donors (Lipinski definition) is 1. The van der Waals surface area contributed by atoms with Gasteiger partial charge in [-0.05, 0) is 55.3 Å². The van der Waals surface area contributed by atoms with Gasteiger partial charge in [0.15, 0.2) is 0 Å². The molecule has 7 nitrogen and oxygen atoms in total. The first-order valence-electron chi connectivity index (χ1n) is 10.00. The quantitative estimate of drug-likeness (QED) is 0.426. The fourth-order valence-electron chi connectivity index (χ4n) is 3.71. The van der Waals surface area contributed by atoms with Gasteiger partial charge in [0.2, 0.25) is 5.91 Å². The summed E-state index contributed by atoms with van der Waals surface area (Å²) in [4.78, 5) is 37.4. The summed E-state index contributed by atoms with van der Waals surface area (Å²) in [5.41, 5.74) is 4.80. The lowest BCUT2D eigenvalue weighted by Gasteiger charge is -2.26. The molecule has 1 saturated heterocycles. The third kappa shape index (κ3) is 4.36. The first-order chi connectivity index (χ1) is 15.3. The molecule has 2 amide bonds. The summed E-state index contributed by atoms with van der Waals surface area (Å²) in [6, 6.07) is 18.9. The summed E-state index contributed by atoms with van der Waals surface area (Å²) in [5, 5.41) is 13.4. The molecule has 1 aliphatic rings. The highest BCUT2D eigenvalue weighted by molar-refractivity contribution is 8.00. The van der Waals surface area contributed by atoms with Crippen LogP contribution in [0.15, 0.2) is 66.7 Å². The molecule has 3 aromatic carbocycles. The zero-order chi connectivity index (χ0) is 22.8. The number of nitro groups is 1. The van der Waals surface area contributed by atoms with Crippen molar-refractivity contribution in [3.63, 3.8) is 0 Å². The molecule has 162 valence electrons. The minimum atomic E-state index is -0.507. The number of anilines is 2. The Hall–Kier alpha value is -3.65. The number of nitrogens with zero attached hydrogens (tertiary/aromatic N) is 2. The molecule has 32 heavy (non-hydrogen) atoms. The smallest absolute Gasteiger partial charge is 0.269 e. The lowest BCUT2D eigenvalue weighted by molar-refractivity contribution is -0.384. The van der Waals surface area contributed by atoms with Crippen molar-refractivity contribution in [3.05, 3.63) is 99.1 Å². The van der Waals surface area contributed by atoms with E-state index >= 15 is 0 Å². The fourth-order valence-corrected chi connectivity index (χ4v) is 4.87. The molecule has 0 aliphatic carbocycles. The van der Waals surface area contributed by atoms with E-state index < -0.39 is 4.92 Å². The van der Waals surface area contributed by atoms with Gasteiger partial charge >= 0.3 is 0 Å². The van der Waals surface area contributed by atoms with Crippen molar-refractivity contribution in [1.82, 2.24) is 0 Å². The number of aryl methyl sites for hydroxylation is 2. The molecular weight excluding hydrogens is 426 g/mol. The van der Waals surface area contributed by atoms with Gasteiger partial charge in [0.1, 0.15) is 5.37 Å². The van der Waals surface area contributed by atoms with Gasteiger partial charge in [-0.2, -0.15) is 0 Å². The topological polar surface area (TPSA) is 92.6 Å². The minimum Gasteiger partial charge on any atom is -0.322 e. The Balaban J connectivity index is 1.57. The first kappa shape index (κ1) is 21.6. The number of hydrogen-bond acceptors (Lipinski definition) is 5. The molecule has 1 N–H and O–H groups in total. The van der Waals surface area contributed by atoms with E-state index in [1.807, 2.05) is 49.1 Å². The molecule has 0 radical (unpaired) electrons. The number of rotatable bonds is 5. The molecule has 0 bridgehead atoms. The second kappa shape index (κ2) is 8.84. The summed E-state index contributed by atoms with van der Waals surface area (Å²) in [7, 11) is 0. The van der Waals surface area contributed by atoms with Crippen LogP contribution in [0.5, 0.6) is 0 Å². The van der Waals surface area contributed by atoms with E-state index in [0.717, 1.165) is 22.4 Å². The molecule has 1 unspecified atom stereocenters. The van der Waals surface area contributed by atoms with Crippen LogP contribution in [0.3, 0.4) is 0 Å². The molecule has 8 heteroatoms. The Kier molecular flexibility index (Phi) is 5.96. The van der Waals surface area contributed by atoms with E-state index in [1.165, 1.54) is 24.3 Å². The highest BCUT2D eigenvalue weighted by Crippen LogP contribution is 2.43. The van der Waals surface area contributed by atoms with Crippen LogP contribution in [0, 0.1) is 24.0 Å². The fraction of sp³-hybridized carbons (Fsp3) is 0.167. The number of thioether (sulfide) groups is 1. The van der Waals surface area contributed by atoms with Crippen molar-refractivity contribution in [3.8, 4) is 0 Å². The first-order valence-corrected chi connectivity index (χ1v) is 11.0. The number of benzene rings is 3. The van der Waals surface area contributed by atoms with Crippen molar-refractivity contribution in [2.45, 2.75) is 19.2 Å². The van der Waals surface area contributed by atoms with Gasteiger partial charge in [-0.25, -0.2) is 0 Å².